The molecule has 1 aliphatic rings. The molecular formula is C16H14ClN3O4S3. The van der Waals surface area contributed by atoms with Crippen LogP contribution in [0, 0.1) is 0 Å². The number of thiophene rings is 1. The van der Waals surface area contributed by atoms with Crippen LogP contribution in [0.15, 0.2) is 46.3 Å². The second-order valence-corrected chi connectivity index (χ2v) is 10.00. The number of hydrogen-bond acceptors (Lipinski definition) is 7. The zero-order valence-corrected chi connectivity index (χ0v) is 16.9. The monoisotopic (exact) mass is 443 g/mol. The highest BCUT2D eigenvalue weighted by Gasteiger charge is 2.38. The largest absolute Gasteiger partial charge is 0.337 e. The molecule has 1 aliphatic heterocycles. The third kappa shape index (κ3) is 4.06. The first-order valence-corrected chi connectivity index (χ1v) is 11.5. The van der Waals surface area contributed by atoms with Crippen LogP contribution in [0.4, 0.5) is 4.79 Å². The van der Waals surface area contributed by atoms with E-state index in [-0.39, 0.29) is 22.1 Å². The second-order valence-electron chi connectivity index (χ2n) is 5.55. The van der Waals surface area contributed by atoms with Gasteiger partial charge >= 0.3 is 6.03 Å². The summed E-state index contributed by atoms with van der Waals surface area (Å²) in [6.45, 7) is 0. The molecule has 2 aromatic rings. The number of carbonyl (C=O) groups is 1. The molecule has 0 bridgehead atoms. The second kappa shape index (κ2) is 8.05. The zero-order valence-electron chi connectivity index (χ0n) is 13.7. The van der Waals surface area contributed by atoms with Crippen molar-refractivity contribution in [3.8, 4) is 0 Å². The molecule has 2 heterocycles. The lowest BCUT2D eigenvalue weighted by Crippen LogP contribution is -2.42. The standard InChI is InChI=1S/C16H14ClN3O4S3/c17-11-1-3-13(4-2-11)27(23,24)9-10-5-6-25-14(10)15-20(16(22)19-18)12(7-21)8-26-15/h1-6,15H,8-9,18H2,(H,19,22). The highest BCUT2D eigenvalue weighted by Crippen LogP contribution is 2.45. The Morgan fingerprint density at radius 2 is 2.04 bits per heavy atom. The van der Waals surface area contributed by atoms with E-state index in [0.29, 0.717) is 15.5 Å². The molecule has 1 aromatic carbocycles. The molecular weight excluding hydrogens is 430 g/mol. The molecule has 27 heavy (non-hydrogen) atoms. The van der Waals surface area contributed by atoms with Gasteiger partial charge in [-0.3, -0.25) is 10.3 Å². The molecule has 2 amide bonds. The molecule has 0 spiro atoms. The Morgan fingerprint density at radius 1 is 1.33 bits per heavy atom. The molecule has 11 heteroatoms. The summed E-state index contributed by atoms with van der Waals surface area (Å²) >= 11 is 8.47. The number of nitrogens with two attached hydrogens (primary N) is 1. The Bertz CT molecular complexity index is 1010. The lowest BCUT2D eigenvalue weighted by atomic mass is 10.2. The van der Waals surface area contributed by atoms with E-state index in [4.69, 9.17) is 17.4 Å². The maximum absolute atomic E-state index is 12.7. The van der Waals surface area contributed by atoms with Gasteiger partial charge in [0, 0.05) is 15.7 Å². The van der Waals surface area contributed by atoms with Crippen molar-refractivity contribution in [2.24, 2.45) is 5.84 Å². The fourth-order valence-corrected chi connectivity index (χ4v) is 6.67. The minimum absolute atomic E-state index is 0.160. The number of urea groups is 1. The molecule has 1 atom stereocenters. The predicted molar refractivity (Wildman–Crippen MR) is 106 cm³/mol. The van der Waals surface area contributed by atoms with Gasteiger partial charge in [-0.05, 0) is 41.3 Å². The number of thioether (sulfide) groups is 1. The van der Waals surface area contributed by atoms with Gasteiger partial charge in [0.25, 0.3) is 0 Å². The smallest absolute Gasteiger partial charge is 0.275 e. The number of hydrazine groups is 1. The minimum atomic E-state index is -3.60. The van der Waals surface area contributed by atoms with Crippen molar-refractivity contribution >= 4 is 56.5 Å². The van der Waals surface area contributed by atoms with Gasteiger partial charge in [-0.15, -0.1) is 23.1 Å². The van der Waals surface area contributed by atoms with Crippen LogP contribution >= 0.6 is 34.7 Å². The number of hydrogen-bond donors (Lipinski definition) is 2. The Balaban J connectivity index is 1.93. The van der Waals surface area contributed by atoms with Gasteiger partial charge in [0.2, 0.25) is 0 Å². The molecule has 3 rings (SSSR count). The first kappa shape index (κ1) is 19.9. The van der Waals surface area contributed by atoms with Crippen molar-refractivity contribution in [3.05, 3.63) is 56.9 Å². The first-order valence-electron chi connectivity index (χ1n) is 7.57. The summed E-state index contributed by atoms with van der Waals surface area (Å²) in [5, 5.41) is 1.66. The van der Waals surface area contributed by atoms with Gasteiger partial charge < -0.3 is 0 Å². The molecule has 1 aromatic heterocycles. The average molecular weight is 444 g/mol. The Morgan fingerprint density at radius 3 is 2.67 bits per heavy atom. The highest BCUT2D eigenvalue weighted by atomic mass is 35.5. The van der Waals surface area contributed by atoms with Crippen molar-refractivity contribution in [2.45, 2.75) is 16.0 Å². The van der Waals surface area contributed by atoms with Gasteiger partial charge in [-0.1, -0.05) is 11.6 Å². The SMILES string of the molecule is NNC(=O)N1C(=C=O)CSC1c1sccc1CS(=O)(=O)c1ccc(Cl)cc1. The summed E-state index contributed by atoms with van der Waals surface area (Å²) in [5.74, 6) is 7.01. The average Bonchev–Trinajstić information content (AvgIpc) is 3.27. The molecule has 142 valence electrons. The van der Waals surface area contributed by atoms with E-state index in [9.17, 15) is 18.0 Å². The maximum atomic E-state index is 12.7. The number of benzene rings is 1. The Labute approximate surface area is 169 Å². The van der Waals surface area contributed by atoms with E-state index in [0.717, 1.165) is 0 Å². The van der Waals surface area contributed by atoms with Gasteiger partial charge in [0.1, 0.15) is 17.0 Å². The third-order valence-electron chi connectivity index (χ3n) is 3.89. The number of sulfone groups is 1. The van der Waals surface area contributed by atoms with Crippen LogP contribution in [0.3, 0.4) is 0 Å². The molecule has 0 aliphatic carbocycles. The summed E-state index contributed by atoms with van der Waals surface area (Å²) in [6, 6.07) is 7.00. The number of carbonyl (C=O) groups excluding carboxylic acids is 2. The summed E-state index contributed by atoms with van der Waals surface area (Å²) in [7, 11) is -3.60. The molecule has 1 saturated heterocycles. The number of halogens is 1. The van der Waals surface area contributed by atoms with Crippen molar-refractivity contribution in [1.82, 2.24) is 10.3 Å². The number of amides is 2. The minimum Gasteiger partial charge on any atom is -0.275 e. The van der Waals surface area contributed by atoms with Gasteiger partial charge in [-0.25, -0.2) is 23.8 Å². The normalized spacial score (nSPS) is 17.0. The lowest BCUT2D eigenvalue weighted by Gasteiger charge is -2.23. The van der Waals surface area contributed by atoms with E-state index in [1.807, 2.05) is 5.43 Å². The van der Waals surface area contributed by atoms with Gasteiger partial charge in [-0.2, -0.15) is 0 Å². The predicted octanol–water partition coefficient (Wildman–Crippen LogP) is 2.72. The van der Waals surface area contributed by atoms with Gasteiger partial charge in [0.05, 0.1) is 10.6 Å². The molecule has 7 nitrogen and oxygen atoms in total. The maximum Gasteiger partial charge on any atom is 0.337 e. The van der Waals surface area contributed by atoms with Crippen molar-refractivity contribution < 1.29 is 18.0 Å². The summed E-state index contributed by atoms with van der Waals surface area (Å²) in [6.07, 6.45) is 0. The lowest BCUT2D eigenvalue weighted by molar-refractivity contribution is 0.211. The first-order chi connectivity index (χ1) is 12.9. The van der Waals surface area contributed by atoms with Crippen molar-refractivity contribution in [3.63, 3.8) is 0 Å². The topological polar surface area (TPSA) is 110 Å². The Hall–Kier alpha value is -1.81. The zero-order chi connectivity index (χ0) is 19.6. The van der Waals surface area contributed by atoms with Crippen LogP contribution in [-0.2, 0) is 20.4 Å². The van der Waals surface area contributed by atoms with E-state index in [2.05, 4.69) is 0 Å². The van der Waals surface area contributed by atoms with Gasteiger partial charge in [0.15, 0.2) is 9.84 Å². The quantitative estimate of drug-likeness (QED) is 0.325. The van der Waals surface area contributed by atoms with E-state index >= 15 is 0 Å². The third-order valence-corrected chi connectivity index (χ3v) is 8.18. The number of nitrogens with zero attached hydrogens (tertiary/aromatic N) is 1. The molecule has 3 N–H and O–H groups in total. The van der Waals surface area contributed by atoms with Crippen LogP contribution < -0.4 is 11.3 Å². The summed E-state index contributed by atoms with van der Waals surface area (Å²) < 4.78 is 25.5. The fraction of sp³-hybridized carbons (Fsp3) is 0.188. The fourth-order valence-electron chi connectivity index (χ4n) is 2.63. The van der Waals surface area contributed by atoms with Crippen molar-refractivity contribution in [2.75, 3.05) is 5.75 Å². The molecule has 0 radical (unpaired) electrons. The van der Waals surface area contributed by atoms with E-state index in [1.54, 1.807) is 17.4 Å². The molecule has 1 unspecified atom stereocenters. The molecule has 0 saturated carbocycles. The number of rotatable bonds is 4. The van der Waals surface area contributed by atoms with Crippen LogP contribution in [0.1, 0.15) is 15.8 Å². The highest BCUT2D eigenvalue weighted by molar-refractivity contribution is 8.00. The van der Waals surface area contributed by atoms with Crippen LogP contribution in [0.25, 0.3) is 0 Å². The summed E-state index contributed by atoms with van der Waals surface area (Å²) in [4.78, 5) is 25.3. The van der Waals surface area contributed by atoms with Crippen LogP contribution in [0.5, 0.6) is 0 Å². The van der Waals surface area contributed by atoms with Crippen LogP contribution in [0.2, 0.25) is 5.02 Å². The summed E-state index contributed by atoms with van der Waals surface area (Å²) in [5.41, 5.74) is 2.73. The Kier molecular flexibility index (Phi) is 5.95. The van der Waals surface area contributed by atoms with E-state index in [1.165, 1.54) is 52.3 Å². The molecule has 1 fully saturated rings. The number of nitrogens with one attached hydrogen (secondary N) is 1. The van der Waals surface area contributed by atoms with Crippen LogP contribution in [-0.4, -0.2) is 31.0 Å². The van der Waals surface area contributed by atoms with Crippen molar-refractivity contribution in [1.29, 1.82) is 0 Å². The van der Waals surface area contributed by atoms with E-state index < -0.39 is 21.2 Å².